The van der Waals surface area contributed by atoms with Crippen LogP contribution in [0.1, 0.15) is 37.7 Å². The number of hydrogen-bond acceptors (Lipinski definition) is 3. The van der Waals surface area contributed by atoms with E-state index in [0.717, 1.165) is 45.2 Å². The molecule has 1 aliphatic heterocycles. The number of nitrogens with two attached hydrogens (primary N) is 1. The van der Waals surface area contributed by atoms with Crippen LogP contribution in [-0.2, 0) is 4.79 Å². The summed E-state index contributed by atoms with van der Waals surface area (Å²) in [7, 11) is 0. The highest BCUT2D eigenvalue weighted by Gasteiger charge is 2.32. The third kappa shape index (κ3) is 3.61. The van der Waals surface area contributed by atoms with Gasteiger partial charge in [-0.1, -0.05) is 12.1 Å². The maximum atomic E-state index is 12.5. The molecule has 0 aromatic heterocycles. The van der Waals surface area contributed by atoms with Crippen LogP contribution in [0.5, 0.6) is 0 Å². The number of anilines is 1. The van der Waals surface area contributed by atoms with Crippen LogP contribution in [-0.4, -0.2) is 36.0 Å². The lowest BCUT2D eigenvalue weighted by molar-refractivity contribution is -0.136. The van der Waals surface area contributed by atoms with Gasteiger partial charge in [-0.2, -0.15) is 0 Å². The smallest absolute Gasteiger partial charge is 0.225 e. The Morgan fingerprint density at radius 2 is 2.00 bits per heavy atom. The van der Waals surface area contributed by atoms with E-state index in [4.69, 9.17) is 5.73 Å². The monoisotopic (exact) mass is 301 g/mol. The summed E-state index contributed by atoms with van der Waals surface area (Å²) in [5, 5.41) is 3.60. The minimum absolute atomic E-state index is 0.177. The van der Waals surface area contributed by atoms with E-state index in [1.807, 2.05) is 0 Å². The van der Waals surface area contributed by atoms with E-state index in [1.54, 1.807) is 0 Å². The molecule has 2 fully saturated rings. The number of carbonyl (C=O) groups excluding carboxylic acids is 1. The van der Waals surface area contributed by atoms with Gasteiger partial charge in [0.2, 0.25) is 5.91 Å². The quantitative estimate of drug-likeness (QED) is 0.902. The number of aryl methyl sites for hydroxylation is 1. The Morgan fingerprint density at radius 1 is 1.23 bits per heavy atom. The van der Waals surface area contributed by atoms with Crippen molar-refractivity contribution in [3.8, 4) is 0 Å². The van der Waals surface area contributed by atoms with Gasteiger partial charge in [-0.3, -0.25) is 4.79 Å². The molecule has 4 nitrogen and oxygen atoms in total. The van der Waals surface area contributed by atoms with Gasteiger partial charge in [-0.25, -0.2) is 0 Å². The second-order valence-corrected chi connectivity index (χ2v) is 6.88. The molecule has 3 N–H and O–H groups in total. The second-order valence-electron chi connectivity index (χ2n) is 6.88. The van der Waals surface area contributed by atoms with Crippen LogP contribution in [0.2, 0.25) is 0 Å². The Bertz CT molecular complexity index is 523. The molecule has 2 atom stereocenters. The van der Waals surface area contributed by atoms with Gasteiger partial charge >= 0.3 is 0 Å². The van der Waals surface area contributed by atoms with Gasteiger partial charge in [0, 0.05) is 36.8 Å². The molecule has 1 saturated heterocycles. The predicted molar refractivity (Wildman–Crippen MR) is 89.7 cm³/mol. The Labute approximate surface area is 133 Å². The van der Waals surface area contributed by atoms with Gasteiger partial charge in [-0.05, 0) is 56.7 Å². The number of nitrogens with zero attached hydrogens (tertiary/aromatic N) is 1. The van der Waals surface area contributed by atoms with Crippen LogP contribution < -0.4 is 11.1 Å². The van der Waals surface area contributed by atoms with E-state index >= 15 is 0 Å². The molecule has 1 aromatic carbocycles. The molecule has 0 radical (unpaired) electrons. The summed E-state index contributed by atoms with van der Waals surface area (Å²) in [6.07, 6.45) is 4.90. The summed E-state index contributed by atoms with van der Waals surface area (Å²) in [6, 6.07) is 9.19. The van der Waals surface area contributed by atoms with E-state index < -0.39 is 0 Å². The van der Waals surface area contributed by atoms with Crippen LogP contribution in [0.4, 0.5) is 5.69 Å². The molecule has 0 bridgehead atoms. The number of hydrogen-bond donors (Lipinski definition) is 2. The summed E-state index contributed by atoms with van der Waals surface area (Å²) in [6.45, 7) is 3.85. The highest BCUT2D eigenvalue weighted by Crippen LogP contribution is 2.27. The zero-order valence-corrected chi connectivity index (χ0v) is 13.4. The van der Waals surface area contributed by atoms with Gasteiger partial charge in [0.25, 0.3) is 0 Å². The van der Waals surface area contributed by atoms with Crippen molar-refractivity contribution in [2.24, 2.45) is 11.7 Å². The van der Waals surface area contributed by atoms with Crippen molar-refractivity contribution in [2.75, 3.05) is 18.4 Å². The lowest BCUT2D eigenvalue weighted by atomic mass is 10.0. The van der Waals surface area contributed by atoms with Crippen LogP contribution >= 0.6 is 0 Å². The minimum atomic E-state index is 0.177. The molecule has 2 unspecified atom stereocenters. The molecule has 0 spiro atoms. The average molecular weight is 301 g/mol. The molecule has 4 heteroatoms. The van der Waals surface area contributed by atoms with Gasteiger partial charge in [0.05, 0.1) is 0 Å². The van der Waals surface area contributed by atoms with Gasteiger partial charge in [0.1, 0.15) is 0 Å². The Kier molecular flexibility index (Phi) is 4.67. The fourth-order valence-corrected chi connectivity index (χ4v) is 3.71. The van der Waals surface area contributed by atoms with E-state index in [2.05, 4.69) is 41.4 Å². The van der Waals surface area contributed by atoms with E-state index in [1.165, 1.54) is 11.3 Å². The summed E-state index contributed by atoms with van der Waals surface area (Å²) in [4.78, 5) is 14.6. The molecule has 1 saturated carbocycles. The molecule has 1 amide bonds. The third-order valence-corrected chi connectivity index (χ3v) is 5.02. The third-order valence-electron chi connectivity index (χ3n) is 5.02. The van der Waals surface area contributed by atoms with Gasteiger partial charge in [-0.15, -0.1) is 0 Å². The van der Waals surface area contributed by atoms with Crippen LogP contribution in [0.15, 0.2) is 24.3 Å². The van der Waals surface area contributed by atoms with E-state index in [9.17, 15) is 4.79 Å². The summed E-state index contributed by atoms with van der Waals surface area (Å²) < 4.78 is 0. The van der Waals surface area contributed by atoms with Crippen LogP contribution in [0.25, 0.3) is 0 Å². The number of rotatable bonds is 3. The zero-order chi connectivity index (χ0) is 15.5. The van der Waals surface area contributed by atoms with Crippen LogP contribution in [0.3, 0.4) is 0 Å². The number of nitrogens with one attached hydrogen (secondary N) is 1. The summed E-state index contributed by atoms with van der Waals surface area (Å²) in [5.74, 6) is 0.512. The Balaban J connectivity index is 1.49. The largest absolute Gasteiger partial charge is 0.382 e. The average Bonchev–Trinajstić information content (AvgIpc) is 2.94. The topological polar surface area (TPSA) is 58.4 Å². The van der Waals surface area contributed by atoms with Crippen molar-refractivity contribution in [1.29, 1.82) is 0 Å². The first-order chi connectivity index (χ1) is 10.6. The molecular formula is C18H27N3O. The number of likely N-dealkylation sites (tertiary alicyclic amines) is 1. The molecule has 120 valence electrons. The highest BCUT2D eigenvalue weighted by atomic mass is 16.2. The van der Waals surface area contributed by atoms with Crippen molar-refractivity contribution < 1.29 is 4.79 Å². The van der Waals surface area contributed by atoms with Gasteiger partial charge < -0.3 is 16.0 Å². The zero-order valence-electron chi connectivity index (χ0n) is 13.4. The predicted octanol–water partition coefficient (Wildman–Crippen LogP) is 2.53. The first-order valence-electron chi connectivity index (χ1n) is 8.49. The van der Waals surface area contributed by atoms with Crippen molar-refractivity contribution in [1.82, 2.24) is 4.90 Å². The summed E-state index contributed by atoms with van der Waals surface area (Å²) in [5.41, 5.74) is 8.39. The van der Waals surface area contributed by atoms with Crippen molar-refractivity contribution >= 4 is 11.6 Å². The molecule has 1 aromatic rings. The number of carbonyl (C=O) groups is 1. The molecule has 1 aliphatic carbocycles. The lowest BCUT2D eigenvalue weighted by Crippen LogP contribution is -2.44. The van der Waals surface area contributed by atoms with Crippen molar-refractivity contribution in [2.45, 2.75) is 51.1 Å². The van der Waals surface area contributed by atoms with E-state index in [-0.39, 0.29) is 12.0 Å². The summed E-state index contributed by atoms with van der Waals surface area (Å²) >= 11 is 0. The molecule has 1 heterocycles. The van der Waals surface area contributed by atoms with Crippen LogP contribution in [0, 0.1) is 12.8 Å². The Hall–Kier alpha value is -1.55. The number of amides is 1. The molecule has 3 rings (SSSR count). The first kappa shape index (κ1) is 15.3. The highest BCUT2D eigenvalue weighted by molar-refractivity contribution is 5.79. The Morgan fingerprint density at radius 3 is 2.64 bits per heavy atom. The number of benzene rings is 1. The normalized spacial score (nSPS) is 26.2. The minimum Gasteiger partial charge on any atom is -0.382 e. The first-order valence-corrected chi connectivity index (χ1v) is 8.49. The number of piperidine rings is 1. The fraction of sp³-hybridized carbons (Fsp3) is 0.611. The maximum absolute atomic E-state index is 12.5. The molecular weight excluding hydrogens is 274 g/mol. The van der Waals surface area contributed by atoms with Crippen molar-refractivity contribution in [3.63, 3.8) is 0 Å². The SMILES string of the molecule is Cc1cccc(NC2CCN(C(=O)C3CCC(N)C3)CC2)c1. The molecule has 2 aliphatic rings. The van der Waals surface area contributed by atoms with E-state index in [0.29, 0.717) is 11.9 Å². The lowest BCUT2D eigenvalue weighted by Gasteiger charge is -2.34. The van der Waals surface area contributed by atoms with Gasteiger partial charge in [0.15, 0.2) is 0 Å². The molecule has 22 heavy (non-hydrogen) atoms. The van der Waals surface area contributed by atoms with Crippen molar-refractivity contribution in [3.05, 3.63) is 29.8 Å². The standard InChI is InChI=1S/C18H27N3O/c1-13-3-2-4-17(11-13)20-16-7-9-21(10-8-16)18(22)14-5-6-15(19)12-14/h2-4,11,14-16,20H,5-10,12,19H2,1H3. The fourth-order valence-electron chi connectivity index (χ4n) is 3.71. The second kappa shape index (κ2) is 6.69. The maximum Gasteiger partial charge on any atom is 0.225 e.